The lowest BCUT2D eigenvalue weighted by Gasteiger charge is -2.31. The van der Waals surface area contributed by atoms with E-state index >= 15 is 0 Å². The number of alkyl carbamates (subject to hydrolysis) is 1. The fourth-order valence-electron chi connectivity index (χ4n) is 7.50. The van der Waals surface area contributed by atoms with Gasteiger partial charge in [0, 0.05) is 59.0 Å². The molecule has 3 aliphatic heterocycles. The summed E-state index contributed by atoms with van der Waals surface area (Å²) >= 11 is 3.50. The average Bonchev–Trinajstić information content (AvgIpc) is 3.97. The molecule has 2 saturated heterocycles. The number of aryl methyl sites for hydroxylation is 2. The third-order valence-corrected chi connectivity index (χ3v) is 12.6. The molecule has 0 aromatic carbocycles. The van der Waals surface area contributed by atoms with Gasteiger partial charge >= 0.3 is 6.09 Å². The van der Waals surface area contributed by atoms with Crippen molar-refractivity contribution in [2.45, 2.75) is 96.8 Å². The lowest BCUT2D eigenvalue weighted by Crippen LogP contribution is -2.53. The van der Waals surface area contributed by atoms with Crippen molar-refractivity contribution in [1.29, 1.82) is 0 Å². The van der Waals surface area contributed by atoms with Gasteiger partial charge in [-0.1, -0.05) is 27.7 Å². The number of imidazole rings is 1. The Morgan fingerprint density at radius 1 is 0.942 bits per heavy atom. The van der Waals surface area contributed by atoms with Crippen LogP contribution in [0.1, 0.15) is 88.5 Å². The number of aliphatic hydroxyl groups excluding tert-OH is 1. The van der Waals surface area contributed by atoms with Crippen molar-refractivity contribution < 1.29 is 29.0 Å². The fourth-order valence-corrected chi connectivity index (χ4v) is 10.0. The Labute approximate surface area is 311 Å². The van der Waals surface area contributed by atoms with Crippen molar-refractivity contribution in [1.82, 2.24) is 30.4 Å². The summed E-state index contributed by atoms with van der Waals surface area (Å²) in [6.07, 6.45) is 8.90. The van der Waals surface area contributed by atoms with Crippen molar-refractivity contribution in [3.05, 3.63) is 45.8 Å². The first kappa shape index (κ1) is 37.7. The molecule has 2 fully saturated rings. The predicted octanol–water partition coefficient (Wildman–Crippen LogP) is 4.82. The maximum Gasteiger partial charge on any atom is 0.407 e. The van der Waals surface area contributed by atoms with Crippen LogP contribution < -0.4 is 10.6 Å². The van der Waals surface area contributed by atoms with Gasteiger partial charge < -0.3 is 35.3 Å². The van der Waals surface area contributed by atoms with E-state index in [1.165, 1.54) is 27.6 Å². The molecule has 4 atom stereocenters. The van der Waals surface area contributed by atoms with E-state index < -0.39 is 30.7 Å². The third kappa shape index (κ3) is 7.81. The number of amides is 4. The van der Waals surface area contributed by atoms with Gasteiger partial charge in [-0.3, -0.25) is 19.4 Å². The van der Waals surface area contributed by atoms with Crippen LogP contribution in [0.2, 0.25) is 0 Å². The Hall–Kier alpha value is -4.08. The normalized spacial score (nSPS) is 20.1. The van der Waals surface area contributed by atoms with Crippen LogP contribution in [0.3, 0.4) is 0 Å². The first-order valence-electron chi connectivity index (χ1n) is 18.1. The zero-order valence-corrected chi connectivity index (χ0v) is 32.1. The van der Waals surface area contributed by atoms with E-state index in [4.69, 9.17) is 9.73 Å². The molecule has 0 saturated carbocycles. The first-order chi connectivity index (χ1) is 25.0. The molecule has 15 heteroatoms. The van der Waals surface area contributed by atoms with Gasteiger partial charge in [-0.05, 0) is 66.9 Å². The maximum atomic E-state index is 13.6. The lowest BCUT2D eigenvalue weighted by molar-refractivity contribution is -0.139. The fraction of sp³-hybridized carbons (Fsp3) is 0.568. The topological polar surface area (TPSA) is 169 Å². The molecule has 3 aromatic heterocycles. The summed E-state index contributed by atoms with van der Waals surface area (Å²) in [5.74, 6) is -0.245. The predicted molar refractivity (Wildman–Crippen MR) is 202 cm³/mol. The molecule has 3 aliphatic rings. The third-order valence-electron chi connectivity index (χ3n) is 10.3. The molecule has 0 radical (unpaired) electrons. The second-order valence-electron chi connectivity index (χ2n) is 14.5. The second-order valence-corrected chi connectivity index (χ2v) is 16.3. The van der Waals surface area contributed by atoms with Crippen LogP contribution in [0.5, 0.6) is 0 Å². The Morgan fingerprint density at radius 3 is 2.27 bits per heavy atom. The van der Waals surface area contributed by atoms with Gasteiger partial charge in [0.1, 0.15) is 24.5 Å². The molecule has 2 unspecified atom stereocenters. The number of rotatable bonds is 13. The number of allylic oxidation sites excluding steroid dienone is 1. The maximum absolute atomic E-state index is 13.6. The lowest BCUT2D eigenvalue weighted by atomic mass is 9.98. The number of aliphatic hydroxyl groups is 1. The van der Waals surface area contributed by atoms with E-state index in [9.17, 15) is 24.3 Å². The molecule has 0 spiro atoms. The van der Waals surface area contributed by atoms with Gasteiger partial charge in [0.25, 0.3) is 0 Å². The number of likely N-dealkylation sites (tertiary alicyclic amines) is 2. The Morgan fingerprint density at radius 2 is 1.60 bits per heavy atom. The van der Waals surface area contributed by atoms with E-state index in [-0.39, 0.29) is 35.7 Å². The molecular formula is C37H49N7O6S2. The molecular weight excluding hydrogens is 703 g/mol. The van der Waals surface area contributed by atoms with E-state index in [1.54, 1.807) is 27.6 Å². The number of hydrogen-bond donors (Lipinski definition) is 4. The zero-order valence-electron chi connectivity index (χ0n) is 30.4. The summed E-state index contributed by atoms with van der Waals surface area (Å²) in [4.78, 5) is 67.6. The van der Waals surface area contributed by atoms with E-state index in [1.807, 2.05) is 45.0 Å². The Balaban J connectivity index is 1.07. The van der Waals surface area contributed by atoms with Crippen LogP contribution in [-0.4, -0.2) is 99.3 Å². The van der Waals surface area contributed by atoms with Gasteiger partial charge in [-0.2, -0.15) is 0 Å². The van der Waals surface area contributed by atoms with Crippen molar-refractivity contribution in [2.24, 2.45) is 16.8 Å². The Kier molecular flexibility index (Phi) is 11.8. The van der Waals surface area contributed by atoms with E-state index in [0.717, 1.165) is 61.3 Å². The zero-order chi connectivity index (χ0) is 37.1. The number of aromatic amines is 1. The largest absolute Gasteiger partial charge is 0.453 e. The first-order valence-corrected chi connectivity index (χ1v) is 19.9. The van der Waals surface area contributed by atoms with Crippen molar-refractivity contribution in [3.8, 4) is 0 Å². The number of H-pyrrole nitrogens is 1. The molecule has 0 bridgehead atoms. The van der Waals surface area contributed by atoms with Crippen LogP contribution in [0.15, 0.2) is 28.1 Å². The highest BCUT2D eigenvalue weighted by molar-refractivity contribution is 7.26. The summed E-state index contributed by atoms with van der Waals surface area (Å²) < 4.78 is 7.30. The monoisotopic (exact) mass is 751 g/mol. The smallest absolute Gasteiger partial charge is 0.407 e. The number of carbonyl (C=O) groups is 4. The van der Waals surface area contributed by atoms with E-state index in [2.05, 4.69) is 31.4 Å². The van der Waals surface area contributed by atoms with Crippen LogP contribution >= 0.6 is 22.7 Å². The summed E-state index contributed by atoms with van der Waals surface area (Å²) in [5.41, 5.74) is 5.64. The minimum absolute atomic E-state index is 0.0829. The molecule has 0 aliphatic carbocycles. The molecule has 4 N–H and O–H groups in total. The Bertz CT molecular complexity index is 1860. The van der Waals surface area contributed by atoms with Crippen LogP contribution in [0.25, 0.3) is 15.0 Å². The molecule has 6 rings (SSSR count). The van der Waals surface area contributed by atoms with Crippen LogP contribution in [-0.2, 0) is 32.0 Å². The van der Waals surface area contributed by atoms with Crippen LogP contribution in [0, 0.1) is 11.8 Å². The number of hydrogen-bond acceptors (Lipinski definition) is 10. The quantitative estimate of drug-likeness (QED) is 0.194. The number of aliphatic imine (C=N–C) groups is 1. The summed E-state index contributed by atoms with van der Waals surface area (Å²) in [6, 6.07) is -1.64. The highest BCUT2D eigenvalue weighted by Crippen LogP contribution is 2.41. The molecule has 6 heterocycles. The minimum Gasteiger partial charge on any atom is -0.453 e. The van der Waals surface area contributed by atoms with Crippen molar-refractivity contribution >= 4 is 67.2 Å². The summed E-state index contributed by atoms with van der Waals surface area (Å²) in [6.45, 7) is 8.19. The standard InChI is InChI=1S/C37H49N7O6S2/c1-20(2)30(41-29(46)17-45)35(47)44-13-7-9-28(44)34-39-16-24(40-34)11-10-22-18-51-33-25(19-52-32(22)33)23-14-26(38-15-23)27-8-6-12-43(27)36(48)31(21(3)4)42-37(49)50-5/h15-16,18-21,27-28,30-31,45H,6-14,17H2,1-5H3,(H,39,40)(H,41,46)(H,42,49)/t27?,28?,30-,31-/m0/s1. The van der Waals surface area contributed by atoms with Gasteiger partial charge in [-0.25, -0.2) is 9.78 Å². The second kappa shape index (κ2) is 16.3. The molecule has 3 aromatic rings. The molecule has 52 heavy (non-hydrogen) atoms. The average molecular weight is 752 g/mol. The number of fused-ring (bicyclic) bond motifs is 1. The number of aromatic nitrogens is 2. The number of thiophene rings is 2. The van der Waals surface area contributed by atoms with Gasteiger partial charge in [-0.15, -0.1) is 22.7 Å². The summed E-state index contributed by atoms with van der Waals surface area (Å²) in [5, 5.41) is 19.1. The summed E-state index contributed by atoms with van der Waals surface area (Å²) in [7, 11) is 1.30. The SMILES string of the molecule is COC(=O)N[C@H](C(=O)N1CCCC1C1=NC=C(c2csc3c(CCc4cnc(C5CCCN5C(=O)[C@@H](NC(=O)CO)C(C)C)[nH]4)csc23)C1)C(C)C. The minimum atomic E-state index is -0.703. The number of carbonyl (C=O) groups excluding carboxylic acids is 4. The van der Waals surface area contributed by atoms with Crippen molar-refractivity contribution in [2.75, 3.05) is 26.8 Å². The van der Waals surface area contributed by atoms with Crippen LogP contribution in [0.4, 0.5) is 4.79 Å². The molecule has 13 nitrogen and oxygen atoms in total. The number of methoxy groups -OCH3 is 1. The number of nitrogens with zero attached hydrogens (tertiary/aromatic N) is 4. The number of nitrogens with one attached hydrogen (secondary N) is 3. The van der Waals surface area contributed by atoms with Gasteiger partial charge in [0.2, 0.25) is 17.7 Å². The van der Waals surface area contributed by atoms with Gasteiger partial charge in [0.05, 0.1) is 23.9 Å². The van der Waals surface area contributed by atoms with E-state index in [0.29, 0.717) is 19.5 Å². The highest BCUT2D eigenvalue weighted by atomic mass is 32.1. The van der Waals surface area contributed by atoms with Gasteiger partial charge in [0.15, 0.2) is 0 Å². The number of ether oxygens (including phenoxy) is 1. The highest BCUT2D eigenvalue weighted by Gasteiger charge is 2.39. The molecule has 280 valence electrons. The van der Waals surface area contributed by atoms with Crippen molar-refractivity contribution in [3.63, 3.8) is 0 Å². The molecule has 4 amide bonds.